The van der Waals surface area contributed by atoms with Crippen molar-refractivity contribution in [3.8, 4) is 0 Å². The molecule has 94 valence electrons. The van der Waals surface area contributed by atoms with Crippen LogP contribution >= 0.6 is 0 Å². The van der Waals surface area contributed by atoms with Crippen molar-refractivity contribution in [3.63, 3.8) is 0 Å². The Balaban J connectivity index is 2.20. The van der Waals surface area contributed by atoms with Crippen LogP contribution in [-0.2, 0) is 0 Å². The Hall–Kier alpha value is -0.820. The molecular weight excluding hydrogens is 206 g/mol. The molecule has 17 heavy (non-hydrogen) atoms. The van der Waals surface area contributed by atoms with E-state index in [1.807, 2.05) is 0 Å². The number of aryl methyl sites for hydroxylation is 3. The lowest BCUT2D eigenvalue weighted by molar-refractivity contribution is 0.186. The molecule has 3 atom stereocenters. The predicted octanol–water partition coefficient (Wildman–Crippen LogP) is 3.71. The number of hydrogen-bond acceptors (Lipinski definition) is 1. The van der Waals surface area contributed by atoms with Crippen molar-refractivity contribution >= 4 is 0 Å². The lowest BCUT2D eigenvalue weighted by Crippen LogP contribution is -2.48. The third-order valence-corrected chi connectivity index (χ3v) is 4.35. The fourth-order valence-electron chi connectivity index (χ4n) is 3.48. The molecule has 0 aromatic heterocycles. The summed E-state index contributed by atoms with van der Waals surface area (Å²) in [6.07, 6.45) is 1.31. The summed E-state index contributed by atoms with van der Waals surface area (Å²) in [4.78, 5) is 0. The van der Waals surface area contributed by atoms with Crippen LogP contribution in [-0.4, -0.2) is 12.6 Å². The molecule has 1 saturated carbocycles. The van der Waals surface area contributed by atoms with E-state index in [-0.39, 0.29) is 0 Å². The van der Waals surface area contributed by atoms with Gasteiger partial charge >= 0.3 is 0 Å². The Morgan fingerprint density at radius 3 is 2.24 bits per heavy atom. The van der Waals surface area contributed by atoms with Crippen LogP contribution in [0.5, 0.6) is 0 Å². The largest absolute Gasteiger partial charge is 0.314 e. The summed E-state index contributed by atoms with van der Waals surface area (Å²) in [6, 6.07) is 5.38. The topological polar surface area (TPSA) is 12.0 Å². The quantitative estimate of drug-likeness (QED) is 0.836. The zero-order chi connectivity index (χ0) is 12.6. The first kappa shape index (κ1) is 12.6. The second-order valence-corrected chi connectivity index (χ2v) is 5.68. The van der Waals surface area contributed by atoms with Gasteiger partial charge in [-0.1, -0.05) is 31.5 Å². The van der Waals surface area contributed by atoms with Crippen molar-refractivity contribution in [2.75, 3.05) is 6.54 Å². The second kappa shape index (κ2) is 4.81. The van der Waals surface area contributed by atoms with Gasteiger partial charge in [0, 0.05) is 6.04 Å². The highest BCUT2D eigenvalue weighted by atomic mass is 14.9. The van der Waals surface area contributed by atoms with Crippen molar-refractivity contribution in [2.24, 2.45) is 5.92 Å². The minimum atomic E-state index is 0.727. The average Bonchev–Trinajstić information content (AvgIpc) is 2.25. The van der Waals surface area contributed by atoms with Crippen LogP contribution in [0.1, 0.15) is 48.4 Å². The van der Waals surface area contributed by atoms with Crippen molar-refractivity contribution in [2.45, 2.75) is 53.0 Å². The lowest BCUT2D eigenvalue weighted by Gasteiger charge is -2.45. The van der Waals surface area contributed by atoms with E-state index in [2.05, 4.69) is 52.1 Å². The summed E-state index contributed by atoms with van der Waals surface area (Å²) < 4.78 is 0. The minimum absolute atomic E-state index is 0.727. The first-order valence-electron chi connectivity index (χ1n) is 6.85. The van der Waals surface area contributed by atoms with Gasteiger partial charge < -0.3 is 5.32 Å². The number of nitrogens with one attached hydrogen (secondary N) is 1. The molecule has 1 aromatic carbocycles. The van der Waals surface area contributed by atoms with E-state index in [9.17, 15) is 0 Å². The minimum Gasteiger partial charge on any atom is -0.314 e. The van der Waals surface area contributed by atoms with E-state index in [1.54, 1.807) is 5.56 Å². The molecule has 3 unspecified atom stereocenters. The van der Waals surface area contributed by atoms with Gasteiger partial charge in [-0.05, 0) is 62.3 Å². The van der Waals surface area contributed by atoms with Crippen molar-refractivity contribution in [1.29, 1.82) is 0 Å². The molecule has 0 bridgehead atoms. The Kier molecular flexibility index (Phi) is 3.58. The summed E-state index contributed by atoms with van der Waals surface area (Å²) in [5, 5.41) is 3.58. The average molecular weight is 231 g/mol. The maximum atomic E-state index is 3.58. The van der Waals surface area contributed by atoms with Gasteiger partial charge in [0.15, 0.2) is 0 Å². The molecule has 1 fully saturated rings. The van der Waals surface area contributed by atoms with Gasteiger partial charge in [-0.15, -0.1) is 0 Å². The zero-order valence-electron chi connectivity index (χ0n) is 11.8. The zero-order valence-corrected chi connectivity index (χ0v) is 11.8. The number of hydrogen-bond donors (Lipinski definition) is 1. The van der Waals surface area contributed by atoms with E-state index in [1.165, 1.54) is 23.1 Å². The molecule has 0 spiro atoms. The monoisotopic (exact) mass is 231 g/mol. The van der Waals surface area contributed by atoms with E-state index in [0.29, 0.717) is 0 Å². The highest BCUT2D eigenvalue weighted by Gasteiger charge is 2.39. The van der Waals surface area contributed by atoms with Gasteiger partial charge in [0.1, 0.15) is 0 Å². The normalized spacial score (nSPS) is 27.9. The molecule has 0 radical (unpaired) electrons. The first-order chi connectivity index (χ1) is 8.04. The number of rotatable bonds is 3. The summed E-state index contributed by atoms with van der Waals surface area (Å²) in [7, 11) is 0. The van der Waals surface area contributed by atoms with Gasteiger partial charge in [0.2, 0.25) is 0 Å². The molecule has 1 aromatic rings. The van der Waals surface area contributed by atoms with Crippen LogP contribution in [0.4, 0.5) is 0 Å². The van der Waals surface area contributed by atoms with Crippen LogP contribution in [0.3, 0.4) is 0 Å². The van der Waals surface area contributed by atoms with Crippen LogP contribution < -0.4 is 5.32 Å². The second-order valence-electron chi connectivity index (χ2n) is 5.68. The fraction of sp³-hybridized carbons (Fsp3) is 0.625. The Labute approximate surface area is 106 Å². The van der Waals surface area contributed by atoms with E-state index < -0.39 is 0 Å². The molecule has 2 rings (SSSR count). The summed E-state index contributed by atoms with van der Waals surface area (Å²) in [5.41, 5.74) is 5.96. The maximum absolute atomic E-state index is 3.58. The summed E-state index contributed by atoms with van der Waals surface area (Å²) in [5.74, 6) is 1.54. The van der Waals surface area contributed by atoms with E-state index in [0.717, 1.165) is 24.4 Å². The van der Waals surface area contributed by atoms with Crippen molar-refractivity contribution in [3.05, 3.63) is 34.4 Å². The third kappa shape index (κ3) is 2.26. The smallest absolute Gasteiger partial charge is 0.0104 e. The molecule has 0 heterocycles. The van der Waals surface area contributed by atoms with Gasteiger partial charge in [-0.25, -0.2) is 0 Å². The molecule has 1 N–H and O–H groups in total. The van der Waals surface area contributed by atoms with Gasteiger partial charge in [0.05, 0.1) is 0 Å². The molecule has 0 amide bonds. The molecule has 0 saturated heterocycles. The molecular formula is C16H25N. The van der Waals surface area contributed by atoms with Gasteiger partial charge in [0.25, 0.3) is 0 Å². The highest BCUT2D eigenvalue weighted by molar-refractivity contribution is 5.41. The van der Waals surface area contributed by atoms with E-state index in [4.69, 9.17) is 0 Å². The predicted molar refractivity (Wildman–Crippen MR) is 74.6 cm³/mol. The van der Waals surface area contributed by atoms with Crippen molar-refractivity contribution in [1.82, 2.24) is 5.32 Å². The van der Waals surface area contributed by atoms with E-state index >= 15 is 0 Å². The Morgan fingerprint density at radius 1 is 1.18 bits per heavy atom. The standard InChI is InChI=1S/C16H25N/c1-6-17-15-9-14(13(15)5)16-11(3)7-10(2)8-12(16)4/h7-8,13-15,17H,6,9H2,1-5H3. The molecule has 1 nitrogen and oxygen atoms in total. The van der Waals surface area contributed by atoms with Crippen LogP contribution in [0, 0.1) is 26.7 Å². The summed E-state index contributed by atoms with van der Waals surface area (Å²) in [6.45, 7) is 12.4. The van der Waals surface area contributed by atoms with Crippen LogP contribution in [0.2, 0.25) is 0 Å². The Bertz CT molecular complexity index is 385. The molecule has 0 aliphatic heterocycles. The number of benzene rings is 1. The summed E-state index contributed by atoms with van der Waals surface area (Å²) >= 11 is 0. The molecule has 1 heteroatoms. The van der Waals surface area contributed by atoms with Crippen LogP contribution in [0.15, 0.2) is 12.1 Å². The molecule has 1 aliphatic carbocycles. The Morgan fingerprint density at radius 2 is 1.76 bits per heavy atom. The van der Waals surface area contributed by atoms with Gasteiger partial charge in [-0.3, -0.25) is 0 Å². The van der Waals surface area contributed by atoms with Gasteiger partial charge in [-0.2, -0.15) is 0 Å². The molecule has 1 aliphatic rings. The fourth-order valence-corrected chi connectivity index (χ4v) is 3.48. The SMILES string of the molecule is CCNC1CC(c2c(C)cc(C)cc2C)C1C. The highest BCUT2D eigenvalue weighted by Crippen LogP contribution is 2.44. The maximum Gasteiger partial charge on any atom is 0.0104 e. The van der Waals surface area contributed by atoms with Crippen LogP contribution in [0.25, 0.3) is 0 Å². The first-order valence-corrected chi connectivity index (χ1v) is 6.85. The third-order valence-electron chi connectivity index (χ3n) is 4.35. The lowest BCUT2D eigenvalue weighted by atomic mass is 9.65. The van der Waals surface area contributed by atoms with Crippen molar-refractivity contribution < 1.29 is 0 Å².